The third-order valence-electron chi connectivity index (χ3n) is 5.77. The summed E-state index contributed by atoms with van der Waals surface area (Å²) in [5.74, 6) is 0. The van der Waals surface area contributed by atoms with Gasteiger partial charge in [0, 0.05) is 6.54 Å². The number of hydrogen-bond acceptors (Lipinski definition) is 13. The Morgan fingerprint density at radius 1 is 0.767 bits per heavy atom. The van der Waals surface area contributed by atoms with Crippen molar-refractivity contribution in [2.45, 2.75) is 86.6 Å². The average molecular weight is 441 g/mol. The minimum Gasteiger partial charge on any atom is -0.395 e. The smallest absolute Gasteiger partial charge is 0.187 e. The first-order valence-electron chi connectivity index (χ1n) is 9.84. The number of hydrogen-bond donors (Lipinski definition) is 9. The number of nitrogens with one attached hydrogen (secondary N) is 1. The van der Waals surface area contributed by atoms with Crippen molar-refractivity contribution in [2.24, 2.45) is 0 Å². The molecular formula is C17H31NO12. The molecule has 0 aromatic carbocycles. The van der Waals surface area contributed by atoms with Gasteiger partial charge in [0.25, 0.3) is 0 Å². The molecule has 3 aliphatic heterocycles. The Balaban J connectivity index is 1.68. The zero-order valence-electron chi connectivity index (χ0n) is 16.3. The largest absolute Gasteiger partial charge is 0.395 e. The van der Waals surface area contributed by atoms with Crippen molar-refractivity contribution in [1.82, 2.24) is 5.32 Å². The lowest BCUT2D eigenvalue weighted by Gasteiger charge is -2.46. The summed E-state index contributed by atoms with van der Waals surface area (Å²) in [6, 6.07) is -0.616. The first-order valence-corrected chi connectivity index (χ1v) is 9.84. The lowest BCUT2D eigenvalue weighted by molar-refractivity contribution is -0.361. The number of ether oxygens (including phenoxy) is 4. The lowest BCUT2D eigenvalue weighted by Crippen LogP contribution is -2.64. The van der Waals surface area contributed by atoms with Gasteiger partial charge in [-0.15, -0.1) is 0 Å². The quantitative estimate of drug-likeness (QED) is 0.188. The maximum atomic E-state index is 10.6. The Labute approximate surface area is 172 Å². The van der Waals surface area contributed by atoms with E-state index >= 15 is 0 Å². The van der Waals surface area contributed by atoms with E-state index in [1.165, 1.54) is 6.92 Å². The predicted octanol–water partition coefficient (Wildman–Crippen LogP) is -5.65. The fourth-order valence-electron chi connectivity index (χ4n) is 3.90. The summed E-state index contributed by atoms with van der Waals surface area (Å²) in [5.41, 5.74) is 0. The molecule has 0 amide bonds. The molecule has 0 aromatic heterocycles. The van der Waals surface area contributed by atoms with Crippen LogP contribution in [0.15, 0.2) is 0 Å². The normalized spacial score (nSPS) is 52.5. The summed E-state index contributed by atoms with van der Waals surface area (Å²) < 4.78 is 21.9. The van der Waals surface area contributed by atoms with Gasteiger partial charge < -0.3 is 65.1 Å². The Morgan fingerprint density at radius 3 is 2.00 bits per heavy atom. The van der Waals surface area contributed by atoms with E-state index in [4.69, 9.17) is 18.9 Å². The van der Waals surface area contributed by atoms with Gasteiger partial charge in [0.1, 0.15) is 48.8 Å². The zero-order valence-corrected chi connectivity index (χ0v) is 16.3. The minimum absolute atomic E-state index is 0.152. The second-order valence-corrected chi connectivity index (χ2v) is 7.85. The molecule has 3 unspecified atom stereocenters. The van der Waals surface area contributed by atoms with Crippen LogP contribution < -0.4 is 5.32 Å². The molecule has 0 saturated carbocycles. The Morgan fingerprint density at radius 2 is 1.37 bits per heavy atom. The predicted molar refractivity (Wildman–Crippen MR) is 94.7 cm³/mol. The topological polar surface area (TPSA) is 211 Å². The standard InChI is InChI=1S/C17H31NO12/c1-5-9(22)10(23)12(25)16(27-5)30-15-8(4-20)28-17(13(26)11(15)24)29-14-6(3-19)18-2-7(14)21/h5-26H,2-4H2,1H3/t5-,6?,7?,8-,9-,10+,11-,12-,13-,14?,15+,16+,17-/m1/s1. The first-order chi connectivity index (χ1) is 14.2. The molecule has 176 valence electrons. The van der Waals surface area contributed by atoms with Gasteiger partial charge >= 0.3 is 0 Å². The summed E-state index contributed by atoms with van der Waals surface area (Å²) in [5, 5.41) is 82.7. The summed E-state index contributed by atoms with van der Waals surface area (Å²) in [6.07, 6.45) is -16.2. The average Bonchev–Trinajstić information content (AvgIpc) is 3.09. The second kappa shape index (κ2) is 9.95. The zero-order chi connectivity index (χ0) is 22.2. The molecular weight excluding hydrogens is 410 g/mol. The molecule has 13 nitrogen and oxygen atoms in total. The van der Waals surface area contributed by atoms with Crippen LogP contribution in [0.25, 0.3) is 0 Å². The molecule has 0 aliphatic carbocycles. The molecule has 3 saturated heterocycles. The molecule has 0 bridgehead atoms. The van der Waals surface area contributed by atoms with Crippen molar-refractivity contribution in [3.8, 4) is 0 Å². The second-order valence-electron chi connectivity index (χ2n) is 7.85. The van der Waals surface area contributed by atoms with Crippen LogP contribution in [0.5, 0.6) is 0 Å². The Kier molecular flexibility index (Phi) is 8.01. The molecule has 3 aliphatic rings. The highest BCUT2D eigenvalue weighted by Gasteiger charge is 2.51. The maximum Gasteiger partial charge on any atom is 0.187 e. The van der Waals surface area contributed by atoms with Crippen LogP contribution >= 0.6 is 0 Å². The third-order valence-corrected chi connectivity index (χ3v) is 5.77. The maximum absolute atomic E-state index is 10.6. The number of β-amino-alcohol motifs (C(OH)–C–C–N with tert-alkyl or cyclic N) is 1. The summed E-state index contributed by atoms with van der Waals surface area (Å²) in [6.45, 7) is 0.600. The van der Waals surface area contributed by atoms with Gasteiger partial charge in [-0.05, 0) is 6.92 Å². The molecule has 0 aromatic rings. The van der Waals surface area contributed by atoms with Crippen LogP contribution in [0.4, 0.5) is 0 Å². The van der Waals surface area contributed by atoms with Crippen LogP contribution in [0.1, 0.15) is 6.92 Å². The fourth-order valence-corrected chi connectivity index (χ4v) is 3.90. The fraction of sp³-hybridized carbons (Fsp3) is 1.00. The van der Waals surface area contributed by atoms with Gasteiger partial charge in [0.15, 0.2) is 12.6 Å². The van der Waals surface area contributed by atoms with Gasteiger partial charge in [0.05, 0.1) is 31.5 Å². The van der Waals surface area contributed by atoms with Crippen molar-refractivity contribution in [3.05, 3.63) is 0 Å². The van der Waals surface area contributed by atoms with E-state index in [1.807, 2.05) is 0 Å². The Hall–Kier alpha value is -0.520. The van der Waals surface area contributed by atoms with E-state index in [9.17, 15) is 40.9 Å². The Bertz CT molecular complexity index is 555. The highest BCUT2D eigenvalue weighted by Crippen LogP contribution is 2.30. The third kappa shape index (κ3) is 4.63. The van der Waals surface area contributed by atoms with Gasteiger partial charge in [-0.3, -0.25) is 0 Å². The monoisotopic (exact) mass is 441 g/mol. The highest BCUT2D eigenvalue weighted by atomic mass is 16.7. The molecule has 9 N–H and O–H groups in total. The molecule has 3 rings (SSSR count). The van der Waals surface area contributed by atoms with E-state index in [0.29, 0.717) is 0 Å². The number of rotatable bonds is 6. The van der Waals surface area contributed by atoms with Crippen LogP contribution in [0, 0.1) is 0 Å². The minimum atomic E-state index is -1.67. The van der Waals surface area contributed by atoms with E-state index in [2.05, 4.69) is 5.32 Å². The van der Waals surface area contributed by atoms with Crippen LogP contribution in [-0.2, 0) is 18.9 Å². The van der Waals surface area contributed by atoms with Crippen LogP contribution in [-0.4, -0.2) is 140 Å². The van der Waals surface area contributed by atoms with Crippen LogP contribution in [0.3, 0.4) is 0 Å². The molecule has 13 heteroatoms. The van der Waals surface area contributed by atoms with Gasteiger partial charge in [0.2, 0.25) is 0 Å². The first kappa shape index (κ1) is 24.1. The molecule has 13 atom stereocenters. The number of aliphatic hydroxyl groups is 8. The molecule has 0 spiro atoms. The molecule has 30 heavy (non-hydrogen) atoms. The summed E-state index contributed by atoms with van der Waals surface area (Å²) in [7, 11) is 0. The highest BCUT2D eigenvalue weighted by molar-refractivity contribution is 4.96. The SMILES string of the molecule is C[C@H]1O[C@@H](O[C@@H]2[C@H](O)[C@@H](O)[C@@H](OC3C(O)CNC3CO)O[C@@H]2CO)[C@H](O)[C@@H](O)[C@@H]1O. The van der Waals surface area contributed by atoms with E-state index in [0.717, 1.165) is 0 Å². The van der Waals surface area contributed by atoms with Crippen molar-refractivity contribution in [2.75, 3.05) is 19.8 Å². The van der Waals surface area contributed by atoms with Crippen molar-refractivity contribution in [1.29, 1.82) is 0 Å². The van der Waals surface area contributed by atoms with Crippen molar-refractivity contribution in [3.63, 3.8) is 0 Å². The van der Waals surface area contributed by atoms with Crippen molar-refractivity contribution < 1.29 is 59.8 Å². The van der Waals surface area contributed by atoms with E-state index in [1.54, 1.807) is 0 Å². The summed E-state index contributed by atoms with van der Waals surface area (Å²) >= 11 is 0. The molecule has 0 radical (unpaired) electrons. The van der Waals surface area contributed by atoms with E-state index in [-0.39, 0.29) is 13.2 Å². The van der Waals surface area contributed by atoms with Gasteiger partial charge in [-0.1, -0.05) is 0 Å². The van der Waals surface area contributed by atoms with Gasteiger partial charge in [-0.2, -0.15) is 0 Å². The molecule has 3 heterocycles. The van der Waals surface area contributed by atoms with Crippen LogP contribution in [0.2, 0.25) is 0 Å². The van der Waals surface area contributed by atoms with Crippen molar-refractivity contribution >= 4 is 0 Å². The lowest BCUT2D eigenvalue weighted by atomic mass is 9.97. The number of aliphatic hydroxyl groups excluding tert-OH is 8. The summed E-state index contributed by atoms with van der Waals surface area (Å²) in [4.78, 5) is 0. The van der Waals surface area contributed by atoms with Gasteiger partial charge in [-0.25, -0.2) is 0 Å². The van der Waals surface area contributed by atoms with E-state index < -0.39 is 86.3 Å². The molecule has 3 fully saturated rings.